The van der Waals surface area contributed by atoms with Gasteiger partial charge in [0.2, 0.25) is 0 Å². The van der Waals surface area contributed by atoms with Crippen LogP contribution in [-0.4, -0.2) is 14.5 Å². The largest absolute Gasteiger partial charge is 0.292 e. The zero-order chi connectivity index (χ0) is 10.8. The molecule has 2 aromatic rings. The fourth-order valence-electron chi connectivity index (χ4n) is 1.14. The summed E-state index contributed by atoms with van der Waals surface area (Å²) in [6.07, 6.45) is 1.43. The van der Waals surface area contributed by atoms with Crippen LogP contribution in [0.15, 0.2) is 22.6 Å². The second-order valence-corrected chi connectivity index (χ2v) is 4.39. The van der Waals surface area contributed by atoms with Gasteiger partial charge < -0.3 is 0 Å². The Kier molecular flexibility index (Phi) is 2.83. The first-order chi connectivity index (χ1) is 7.15. The summed E-state index contributed by atoms with van der Waals surface area (Å²) in [7, 11) is 0. The summed E-state index contributed by atoms with van der Waals surface area (Å²) in [6, 6.07) is 1.29. The number of rotatable bonds is 2. The van der Waals surface area contributed by atoms with Crippen LogP contribution in [0.3, 0.4) is 0 Å². The minimum Gasteiger partial charge on any atom is -0.292 e. The van der Waals surface area contributed by atoms with Crippen LogP contribution in [0, 0.1) is 6.92 Å². The molecule has 0 aliphatic heterocycles. The summed E-state index contributed by atoms with van der Waals surface area (Å²) >= 11 is 7.11. The lowest BCUT2D eigenvalue weighted by atomic mass is 10.5. The van der Waals surface area contributed by atoms with Gasteiger partial charge >= 0.3 is 0 Å². The average Bonchev–Trinajstić information content (AvgIpc) is 2.56. The quantitative estimate of drug-likeness (QED) is 0.752. The van der Waals surface area contributed by atoms with Gasteiger partial charge in [-0.2, -0.15) is 0 Å². The van der Waals surface area contributed by atoms with Crippen LogP contribution in [0.4, 0.5) is 0 Å². The van der Waals surface area contributed by atoms with Gasteiger partial charge in [0.1, 0.15) is 10.2 Å². The molecule has 0 N–H and O–H groups in total. The summed E-state index contributed by atoms with van der Waals surface area (Å²) in [5.41, 5.74) is 0.799. The molecule has 0 spiro atoms. The molecule has 6 heteroatoms. The summed E-state index contributed by atoms with van der Waals surface area (Å²) in [5.74, 6) is 0. The fourth-order valence-corrected chi connectivity index (χ4v) is 2.05. The van der Waals surface area contributed by atoms with Crippen LogP contribution in [0.2, 0.25) is 5.15 Å². The van der Waals surface area contributed by atoms with Gasteiger partial charge in [-0.1, -0.05) is 11.6 Å². The van der Waals surface area contributed by atoms with E-state index in [2.05, 4.69) is 9.97 Å². The number of halogens is 1. The van der Waals surface area contributed by atoms with Gasteiger partial charge in [0.05, 0.1) is 12.9 Å². The van der Waals surface area contributed by atoms with Crippen molar-refractivity contribution in [1.29, 1.82) is 0 Å². The van der Waals surface area contributed by atoms with Crippen molar-refractivity contribution in [3.05, 3.63) is 44.0 Å². The zero-order valence-corrected chi connectivity index (χ0v) is 9.55. The monoisotopic (exact) mass is 241 g/mol. The van der Waals surface area contributed by atoms with Crippen molar-refractivity contribution in [3.8, 4) is 0 Å². The summed E-state index contributed by atoms with van der Waals surface area (Å²) in [6.45, 7) is 2.37. The topological polar surface area (TPSA) is 47.8 Å². The van der Waals surface area contributed by atoms with Crippen LogP contribution in [0.25, 0.3) is 0 Å². The molecule has 78 valence electrons. The Morgan fingerprint density at radius 3 is 3.00 bits per heavy atom. The van der Waals surface area contributed by atoms with Crippen molar-refractivity contribution < 1.29 is 0 Å². The van der Waals surface area contributed by atoms with Crippen molar-refractivity contribution in [2.24, 2.45) is 0 Å². The number of hydrogen-bond acceptors (Lipinski definition) is 4. The first-order valence-electron chi connectivity index (χ1n) is 4.28. The van der Waals surface area contributed by atoms with E-state index in [9.17, 15) is 4.79 Å². The molecule has 0 aliphatic rings. The third kappa shape index (κ3) is 2.43. The van der Waals surface area contributed by atoms with Gasteiger partial charge in [-0.15, -0.1) is 11.3 Å². The molecule has 0 aromatic carbocycles. The van der Waals surface area contributed by atoms with Crippen molar-refractivity contribution in [3.63, 3.8) is 0 Å². The average molecular weight is 242 g/mol. The Labute approximate surface area is 95.2 Å². The number of nitrogens with zero attached hydrogens (tertiary/aromatic N) is 3. The lowest BCUT2D eigenvalue weighted by molar-refractivity contribution is 0.730. The van der Waals surface area contributed by atoms with E-state index >= 15 is 0 Å². The predicted molar refractivity (Wildman–Crippen MR) is 59.5 cm³/mol. The summed E-state index contributed by atoms with van der Waals surface area (Å²) in [4.78, 5) is 19.6. The molecule has 0 aliphatic carbocycles. The normalized spacial score (nSPS) is 10.5. The second kappa shape index (κ2) is 4.12. The van der Waals surface area contributed by atoms with Crippen molar-refractivity contribution in [1.82, 2.24) is 14.5 Å². The third-order valence-electron chi connectivity index (χ3n) is 1.82. The number of aryl methyl sites for hydroxylation is 1. The number of aromatic nitrogens is 3. The SMILES string of the molecule is Cc1csc(Cn2cnc(Cl)cc2=O)n1. The van der Waals surface area contributed by atoms with E-state index in [-0.39, 0.29) is 10.7 Å². The highest BCUT2D eigenvalue weighted by molar-refractivity contribution is 7.09. The molecule has 0 radical (unpaired) electrons. The van der Waals surface area contributed by atoms with E-state index in [0.29, 0.717) is 6.54 Å². The highest BCUT2D eigenvalue weighted by Crippen LogP contribution is 2.09. The van der Waals surface area contributed by atoms with Crippen molar-refractivity contribution in [2.45, 2.75) is 13.5 Å². The zero-order valence-electron chi connectivity index (χ0n) is 7.98. The molecular formula is C9H8ClN3OS. The Bertz CT molecular complexity index is 534. The van der Waals surface area contributed by atoms with Gasteiger partial charge in [0, 0.05) is 17.1 Å². The molecule has 2 rings (SSSR count). The van der Waals surface area contributed by atoms with E-state index in [1.54, 1.807) is 0 Å². The standard InChI is InChI=1S/C9H8ClN3OS/c1-6-4-15-8(12-6)3-13-5-11-7(10)2-9(13)14/h2,4-5H,3H2,1H3. The van der Waals surface area contributed by atoms with Crippen LogP contribution >= 0.6 is 22.9 Å². The molecule has 0 bridgehead atoms. The molecular weight excluding hydrogens is 234 g/mol. The van der Waals surface area contributed by atoms with E-state index in [1.807, 2.05) is 12.3 Å². The first kappa shape index (κ1) is 10.3. The Balaban J connectivity index is 2.28. The van der Waals surface area contributed by atoms with Crippen LogP contribution in [0.1, 0.15) is 10.7 Å². The van der Waals surface area contributed by atoms with Gasteiger partial charge in [-0.3, -0.25) is 9.36 Å². The van der Waals surface area contributed by atoms with E-state index < -0.39 is 0 Å². The van der Waals surface area contributed by atoms with Crippen molar-refractivity contribution >= 4 is 22.9 Å². The minimum atomic E-state index is -0.164. The van der Waals surface area contributed by atoms with Gasteiger partial charge in [-0.05, 0) is 6.92 Å². The Hall–Kier alpha value is -1.20. The van der Waals surface area contributed by atoms with Crippen molar-refractivity contribution in [2.75, 3.05) is 0 Å². The third-order valence-corrected chi connectivity index (χ3v) is 2.98. The van der Waals surface area contributed by atoms with Gasteiger partial charge in [0.15, 0.2) is 0 Å². The van der Waals surface area contributed by atoms with Crippen LogP contribution in [0.5, 0.6) is 0 Å². The highest BCUT2D eigenvalue weighted by atomic mass is 35.5. The van der Waals surface area contributed by atoms with Crippen LogP contribution in [-0.2, 0) is 6.54 Å². The Morgan fingerprint density at radius 1 is 1.60 bits per heavy atom. The van der Waals surface area contributed by atoms with E-state index in [1.165, 1.54) is 28.3 Å². The van der Waals surface area contributed by atoms with E-state index in [0.717, 1.165) is 10.7 Å². The maximum Gasteiger partial charge on any atom is 0.255 e. The van der Waals surface area contributed by atoms with Gasteiger partial charge in [-0.25, -0.2) is 9.97 Å². The fraction of sp³-hybridized carbons (Fsp3) is 0.222. The molecule has 0 unspecified atom stereocenters. The second-order valence-electron chi connectivity index (χ2n) is 3.06. The summed E-state index contributed by atoms with van der Waals surface area (Å²) in [5, 5.41) is 3.05. The number of thiazole rings is 1. The first-order valence-corrected chi connectivity index (χ1v) is 5.54. The molecule has 0 atom stereocenters. The molecule has 15 heavy (non-hydrogen) atoms. The lowest BCUT2D eigenvalue weighted by Crippen LogP contribution is -2.19. The minimum absolute atomic E-state index is 0.164. The van der Waals surface area contributed by atoms with Gasteiger partial charge in [0.25, 0.3) is 5.56 Å². The Morgan fingerprint density at radius 2 is 2.40 bits per heavy atom. The number of hydrogen-bond donors (Lipinski definition) is 0. The lowest BCUT2D eigenvalue weighted by Gasteiger charge is -2.00. The van der Waals surface area contributed by atoms with E-state index in [4.69, 9.17) is 11.6 Å². The maximum atomic E-state index is 11.5. The molecule has 2 aromatic heterocycles. The maximum absolute atomic E-state index is 11.5. The molecule has 0 saturated carbocycles. The highest BCUT2D eigenvalue weighted by Gasteiger charge is 2.02. The molecule has 4 nitrogen and oxygen atoms in total. The predicted octanol–water partition coefficient (Wildman–Crippen LogP) is 1.71. The molecule has 0 amide bonds. The smallest absolute Gasteiger partial charge is 0.255 e. The molecule has 0 fully saturated rings. The van der Waals surface area contributed by atoms with Crippen LogP contribution < -0.4 is 5.56 Å². The molecule has 0 saturated heterocycles. The summed E-state index contributed by atoms with van der Waals surface area (Å²) < 4.78 is 1.48. The molecule has 2 heterocycles.